The van der Waals surface area contributed by atoms with Crippen LogP contribution in [0.2, 0.25) is 0 Å². The number of carbonyl (C=O) groups excluding carboxylic acids is 1. The molecule has 29 heavy (non-hydrogen) atoms. The number of carbonyl (C=O) groups is 1. The van der Waals surface area contributed by atoms with Crippen molar-refractivity contribution in [1.29, 1.82) is 0 Å². The molecule has 1 aliphatic carbocycles. The maximum Gasteiger partial charge on any atom is 0.251 e. The van der Waals surface area contributed by atoms with Crippen LogP contribution in [0.3, 0.4) is 0 Å². The van der Waals surface area contributed by atoms with Gasteiger partial charge >= 0.3 is 0 Å². The number of ether oxygens (including phenoxy) is 1. The molecule has 0 aromatic heterocycles. The van der Waals surface area contributed by atoms with Gasteiger partial charge in [0.2, 0.25) is 0 Å². The second-order valence-electron chi connectivity index (χ2n) is 7.64. The lowest BCUT2D eigenvalue weighted by molar-refractivity contribution is 0.0954. The Morgan fingerprint density at radius 1 is 1.10 bits per heavy atom. The summed E-state index contributed by atoms with van der Waals surface area (Å²) < 4.78 is 5.11. The summed E-state index contributed by atoms with van der Waals surface area (Å²) in [4.78, 5) is 17.0. The first kappa shape index (κ1) is 23.0. The van der Waals surface area contributed by atoms with Crippen LogP contribution in [0, 0.1) is 5.41 Å². The number of methoxy groups -OCH3 is 1. The van der Waals surface area contributed by atoms with Gasteiger partial charge < -0.3 is 25.8 Å². The molecule has 1 aromatic carbocycles. The molecule has 2 rings (SSSR count). The van der Waals surface area contributed by atoms with Gasteiger partial charge in [0.05, 0.1) is 7.11 Å². The molecule has 0 saturated heterocycles. The van der Waals surface area contributed by atoms with E-state index in [1.807, 2.05) is 6.92 Å². The van der Waals surface area contributed by atoms with E-state index in [9.17, 15) is 9.90 Å². The normalized spacial score (nSPS) is 16.2. The van der Waals surface area contributed by atoms with Gasteiger partial charge in [-0.05, 0) is 55.9 Å². The van der Waals surface area contributed by atoms with E-state index in [0.29, 0.717) is 18.7 Å². The third-order valence-corrected chi connectivity index (χ3v) is 5.53. The lowest BCUT2D eigenvalue weighted by Crippen LogP contribution is -2.42. The fourth-order valence-electron chi connectivity index (χ4n) is 3.82. The second kappa shape index (κ2) is 12.3. The number of nitrogens with one attached hydrogen (secondary N) is 3. The number of aliphatic imine (C=N–C) groups is 1. The predicted octanol–water partition coefficient (Wildman–Crippen LogP) is 2.31. The number of hydrogen-bond donors (Lipinski definition) is 4. The fraction of sp³-hybridized carbons (Fsp3) is 0.636. The van der Waals surface area contributed by atoms with Crippen LogP contribution < -0.4 is 20.7 Å². The van der Waals surface area contributed by atoms with Crippen molar-refractivity contribution in [2.45, 2.75) is 45.4 Å². The summed E-state index contributed by atoms with van der Waals surface area (Å²) in [6.07, 6.45) is 6.80. The molecular formula is C22H36N4O3. The molecule has 4 N–H and O–H groups in total. The Hall–Kier alpha value is -2.28. The van der Waals surface area contributed by atoms with Gasteiger partial charge in [-0.25, -0.2) is 0 Å². The molecule has 0 heterocycles. The predicted molar refractivity (Wildman–Crippen MR) is 117 cm³/mol. The van der Waals surface area contributed by atoms with E-state index in [2.05, 4.69) is 16.0 Å². The molecule has 1 aliphatic rings. The molecule has 162 valence electrons. The van der Waals surface area contributed by atoms with E-state index < -0.39 is 0 Å². The maximum absolute atomic E-state index is 12.2. The standard InChI is InChI=1S/C22H36N4O3/c1-3-23-21(26-17-22(13-16-27)11-5-4-6-12-22)25-15-14-24-20(28)18-7-9-19(29-2)10-8-18/h7-10,27H,3-6,11-17H2,1-2H3,(H,24,28)(H2,23,25,26). The monoisotopic (exact) mass is 404 g/mol. The Balaban J connectivity index is 1.81. The summed E-state index contributed by atoms with van der Waals surface area (Å²) >= 11 is 0. The van der Waals surface area contributed by atoms with Crippen molar-refractivity contribution in [1.82, 2.24) is 16.0 Å². The highest BCUT2D eigenvalue weighted by molar-refractivity contribution is 5.94. The summed E-state index contributed by atoms with van der Waals surface area (Å²) in [5.41, 5.74) is 0.729. The van der Waals surface area contributed by atoms with Crippen LogP contribution in [0.1, 0.15) is 55.8 Å². The summed E-state index contributed by atoms with van der Waals surface area (Å²) in [5.74, 6) is 1.38. The SMILES string of the molecule is CCNC(=NCC1(CCO)CCCCC1)NCCNC(=O)c1ccc(OC)cc1. The van der Waals surface area contributed by atoms with Gasteiger partial charge in [0.15, 0.2) is 5.96 Å². The molecule has 1 fully saturated rings. The van der Waals surface area contributed by atoms with Gasteiger partial charge in [0.25, 0.3) is 5.91 Å². The molecule has 0 atom stereocenters. The Bertz CT molecular complexity index is 634. The summed E-state index contributed by atoms with van der Waals surface area (Å²) in [6.45, 7) is 4.83. The average Bonchev–Trinajstić information content (AvgIpc) is 2.75. The van der Waals surface area contributed by atoms with Gasteiger partial charge in [-0.3, -0.25) is 9.79 Å². The minimum atomic E-state index is -0.111. The van der Waals surface area contributed by atoms with Gasteiger partial charge in [-0.1, -0.05) is 19.3 Å². The first-order valence-corrected chi connectivity index (χ1v) is 10.7. The van der Waals surface area contributed by atoms with Crippen LogP contribution in [0.15, 0.2) is 29.3 Å². The van der Waals surface area contributed by atoms with Crippen LogP contribution in [-0.2, 0) is 0 Å². The van der Waals surface area contributed by atoms with Crippen LogP contribution >= 0.6 is 0 Å². The molecule has 0 unspecified atom stereocenters. The van der Waals surface area contributed by atoms with Crippen molar-refractivity contribution in [3.8, 4) is 5.75 Å². The topological polar surface area (TPSA) is 95.0 Å². The van der Waals surface area contributed by atoms with Crippen molar-refractivity contribution >= 4 is 11.9 Å². The maximum atomic E-state index is 12.2. The van der Waals surface area contributed by atoms with Crippen molar-refractivity contribution in [3.05, 3.63) is 29.8 Å². The smallest absolute Gasteiger partial charge is 0.251 e. The number of aliphatic hydroxyl groups is 1. The minimum absolute atomic E-state index is 0.111. The molecule has 1 aromatic rings. The highest BCUT2D eigenvalue weighted by Gasteiger charge is 2.31. The average molecular weight is 405 g/mol. The van der Waals surface area contributed by atoms with Crippen molar-refractivity contribution in [2.24, 2.45) is 10.4 Å². The number of aliphatic hydroxyl groups excluding tert-OH is 1. The zero-order valence-electron chi connectivity index (χ0n) is 17.8. The van der Waals surface area contributed by atoms with Crippen LogP contribution in [0.4, 0.5) is 0 Å². The molecular weight excluding hydrogens is 368 g/mol. The van der Waals surface area contributed by atoms with E-state index in [1.165, 1.54) is 19.3 Å². The Morgan fingerprint density at radius 2 is 1.79 bits per heavy atom. The number of amides is 1. The highest BCUT2D eigenvalue weighted by Crippen LogP contribution is 2.39. The van der Waals surface area contributed by atoms with Crippen LogP contribution in [-0.4, -0.2) is 56.9 Å². The van der Waals surface area contributed by atoms with E-state index in [1.54, 1.807) is 31.4 Å². The number of hydrogen-bond acceptors (Lipinski definition) is 4. The molecule has 7 heteroatoms. The number of nitrogens with zero attached hydrogens (tertiary/aromatic N) is 1. The first-order valence-electron chi connectivity index (χ1n) is 10.7. The van der Waals surface area contributed by atoms with Gasteiger partial charge in [0, 0.05) is 38.3 Å². The summed E-state index contributed by atoms with van der Waals surface area (Å²) in [5, 5.41) is 18.9. The third-order valence-electron chi connectivity index (χ3n) is 5.53. The van der Waals surface area contributed by atoms with Gasteiger partial charge in [-0.15, -0.1) is 0 Å². The third kappa shape index (κ3) is 7.57. The minimum Gasteiger partial charge on any atom is -0.497 e. The van der Waals surface area contributed by atoms with Crippen molar-refractivity contribution < 1.29 is 14.6 Å². The fourth-order valence-corrected chi connectivity index (χ4v) is 3.82. The summed E-state index contributed by atoms with van der Waals surface area (Å²) in [6, 6.07) is 7.04. The quantitative estimate of drug-likeness (QED) is 0.273. The lowest BCUT2D eigenvalue weighted by atomic mass is 9.72. The summed E-state index contributed by atoms with van der Waals surface area (Å²) in [7, 11) is 1.60. The zero-order valence-corrected chi connectivity index (χ0v) is 17.8. The number of guanidine groups is 1. The highest BCUT2D eigenvalue weighted by atomic mass is 16.5. The van der Waals surface area contributed by atoms with Crippen LogP contribution in [0.25, 0.3) is 0 Å². The van der Waals surface area contributed by atoms with E-state index in [4.69, 9.17) is 9.73 Å². The largest absolute Gasteiger partial charge is 0.497 e. The molecule has 0 spiro atoms. The van der Waals surface area contributed by atoms with Crippen LogP contribution in [0.5, 0.6) is 5.75 Å². The van der Waals surface area contributed by atoms with Gasteiger partial charge in [0.1, 0.15) is 5.75 Å². The zero-order chi connectivity index (χ0) is 21.0. The Labute approximate surface area is 174 Å². The molecule has 0 aliphatic heterocycles. The van der Waals surface area contributed by atoms with E-state index in [-0.39, 0.29) is 17.9 Å². The number of benzene rings is 1. The van der Waals surface area contributed by atoms with Gasteiger partial charge in [-0.2, -0.15) is 0 Å². The molecule has 0 radical (unpaired) electrons. The van der Waals surface area contributed by atoms with E-state index in [0.717, 1.165) is 44.1 Å². The first-order chi connectivity index (χ1) is 14.1. The number of rotatable bonds is 10. The molecule has 1 saturated carbocycles. The van der Waals surface area contributed by atoms with Crippen molar-refractivity contribution in [2.75, 3.05) is 39.9 Å². The Morgan fingerprint density at radius 3 is 2.41 bits per heavy atom. The molecule has 0 bridgehead atoms. The van der Waals surface area contributed by atoms with E-state index >= 15 is 0 Å². The molecule has 7 nitrogen and oxygen atoms in total. The van der Waals surface area contributed by atoms with Crippen molar-refractivity contribution in [3.63, 3.8) is 0 Å². The Kier molecular flexibility index (Phi) is 9.77. The lowest BCUT2D eigenvalue weighted by Gasteiger charge is -2.35. The molecule has 1 amide bonds. The second-order valence-corrected chi connectivity index (χ2v) is 7.64.